The SMILES string of the molecule is CCC1CCC(N(C)c2nc(C(C)(C)C)c(CO)s2)CC1. The van der Waals surface area contributed by atoms with Crippen molar-refractivity contribution in [3.63, 3.8) is 0 Å². The number of aromatic nitrogens is 1. The summed E-state index contributed by atoms with van der Waals surface area (Å²) in [4.78, 5) is 8.22. The largest absolute Gasteiger partial charge is 0.391 e. The van der Waals surface area contributed by atoms with Crippen LogP contribution in [0.4, 0.5) is 5.13 Å². The number of thiazole rings is 1. The van der Waals surface area contributed by atoms with E-state index >= 15 is 0 Å². The summed E-state index contributed by atoms with van der Waals surface area (Å²) < 4.78 is 0. The van der Waals surface area contributed by atoms with E-state index in [0.717, 1.165) is 21.6 Å². The fourth-order valence-electron chi connectivity index (χ4n) is 3.28. The maximum atomic E-state index is 9.61. The molecule has 1 aromatic rings. The molecule has 0 spiro atoms. The van der Waals surface area contributed by atoms with Crippen LogP contribution >= 0.6 is 11.3 Å². The summed E-state index contributed by atoms with van der Waals surface area (Å²) in [5, 5.41) is 10.7. The zero-order valence-electron chi connectivity index (χ0n) is 14.1. The predicted molar refractivity (Wildman–Crippen MR) is 91.2 cm³/mol. The summed E-state index contributed by atoms with van der Waals surface area (Å²) >= 11 is 1.66. The van der Waals surface area contributed by atoms with Crippen molar-refractivity contribution in [3.8, 4) is 0 Å². The van der Waals surface area contributed by atoms with Crippen LogP contribution in [0.15, 0.2) is 0 Å². The third-order valence-corrected chi connectivity index (χ3v) is 5.91. The average molecular weight is 311 g/mol. The summed E-state index contributed by atoms with van der Waals surface area (Å²) in [6.07, 6.45) is 6.55. The lowest BCUT2D eigenvalue weighted by Gasteiger charge is -2.34. The summed E-state index contributed by atoms with van der Waals surface area (Å²) in [6.45, 7) is 8.89. The van der Waals surface area contributed by atoms with E-state index in [1.165, 1.54) is 32.1 Å². The first kappa shape index (κ1) is 16.8. The van der Waals surface area contributed by atoms with E-state index in [2.05, 4.69) is 39.6 Å². The minimum absolute atomic E-state index is 0.00642. The van der Waals surface area contributed by atoms with E-state index in [1.807, 2.05) is 0 Å². The molecule has 1 aromatic heterocycles. The highest BCUT2D eigenvalue weighted by Crippen LogP contribution is 2.37. The zero-order chi connectivity index (χ0) is 15.6. The fourth-order valence-corrected chi connectivity index (χ4v) is 4.44. The molecule has 1 N–H and O–H groups in total. The maximum Gasteiger partial charge on any atom is 0.185 e. The van der Waals surface area contributed by atoms with Crippen molar-refractivity contribution in [1.82, 2.24) is 4.98 Å². The minimum atomic E-state index is -0.00642. The van der Waals surface area contributed by atoms with Gasteiger partial charge < -0.3 is 10.0 Å². The molecule has 120 valence electrons. The van der Waals surface area contributed by atoms with Gasteiger partial charge in [0, 0.05) is 18.5 Å². The van der Waals surface area contributed by atoms with Crippen LogP contribution in [-0.4, -0.2) is 23.2 Å². The van der Waals surface area contributed by atoms with Crippen LogP contribution in [-0.2, 0) is 12.0 Å². The Morgan fingerprint density at radius 3 is 2.29 bits per heavy atom. The second-order valence-corrected chi connectivity index (χ2v) is 8.43. The molecule has 1 aliphatic carbocycles. The van der Waals surface area contributed by atoms with Gasteiger partial charge in [-0.1, -0.05) is 45.5 Å². The van der Waals surface area contributed by atoms with Crippen molar-refractivity contribution in [2.45, 2.75) is 77.9 Å². The standard InChI is InChI=1S/C17H30N2OS/c1-6-12-7-9-13(10-8-12)19(5)16-18-15(17(2,3)4)14(11-20)21-16/h12-13,20H,6-11H2,1-5H3. The summed E-state index contributed by atoms with van der Waals surface area (Å²) in [7, 11) is 2.17. The molecule has 1 saturated carbocycles. The van der Waals surface area contributed by atoms with E-state index in [4.69, 9.17) is 4.98 Å². The van der Waals surface area contributed by atoms with Gasteiger partial charge in [-0.2, -0.15) is 0 Å². The van der Waals surface area contributed by atoms with Crippen molar-refractivity contribution >= 4 is 16.5 Å². The van der Waals surface area contributed by atoms with Gasteiger partial charge in [0.2, 0.25) is 0 Å². The van der Waals surface area contributed by atoms with Crippen molar-refractivity contribution in [2.24, 2.45) is 5.92 Å². The highest BCUT2D eigenvalue weighted by atomic mass is 32.1. The molecule has 1 heterocycles. The summed E-state index contributed by atoms with van der Waals surface area (Å²) in [5.41, 5.74) is 1.05. The lowest BCUT2D eigenvalue weighted by Crippen LogP contribution is -2.35. The highest BCUT2D eigenvalue weighted by molar-refractivity contribution is 7.15. The molecule has 0 bridgehead atoms. The van der Waals surface area contributed by atoms with E-state index < -0.39 is 0 Å². The Bertz CT molecular complexity index is 456. The van der Waals surface area contributed by atoms with Gasteiger partial charge in [-0.3, -0.25) is 0 Å². The number of nitrogens with zero attached hydrogens (tertiary/aromatic N) is 2. The highest BCUT2D eigenvalue weighted by Gasteiger charge is 2.28. The number of aliphatic hydroxyl groups is 1. The molecule has 21 heavy (non-hydrogen) atoms. The first-order valence-corrected chi connectivity index (χ1v) is 9.02. The number of hydrogen-bond acceptors (Lipinski definition) is 4. The second kappa shape index (κ2) is 6.66. The lowest BCUT2D eigenvalue weighted by molar-refractivity contribution is 0.282. The van der Waals surface area contributed by atoms with Crippen LogP contribution < -0.4 is 4.90 Å². The van der Waals surface area contributed by atoms with Crippen LogP contribution in [0.3, 0.4) is 0 Å². The van der Waals surface area contributed by atoms with Crippen LogP contribution in [0.1, 0.15) is 70.4 Å². The number of hydrogen-bond donors (Lipinski definition) is 1. The van der Waals surface area contributed by atoms with Gasteiger partial charge >= 0.3 is 0 Å². The van der Waals surface area contributed by atoms with Crippen molar-refractivity contribution in [3.05, 3.63) is 10.6 Å². The maximum absolute atomic E-state index is 9.61. The van der Waals surface area contributed by atoms with Crippen molar-refractivity contribution in [2.75, 3.05) is 11.9 Å². The Balaban J connectivity index is 2.13. The molecule has 3 nitrogen and oxygen atoms in total. The van der Waals surface area contributed by atoms with Gasteiger partial charge in [0.25, 0.3) is 0 Å². The number of rotatable bonds is 4. The molecular formula is C17H30N2OS. The molecule has 4 heteroatoms. The average Bonchev–Trinajstić information content (AvgIpc) is 2.91. The molecule has 1 aliphatic rings. The Morgan fingerprint density at radius 1 is 1.24 bits per heavy atom. The number of anilines is 1. The summed E-state index contributed by atoms with van der Waals surface area (Å²) in [5.74, 6) is 0.920. The Morgan fingerprint density at radius 2 is 1.86 bits per heavy atom. The zero-order valence-corrected chi connectivity index (χ0v) is 15.0. The fraction of sp³-hybridized carbons (Fsp3) is 0.824. The first-order valence-electron chi connectivity index (χ1n) is 8.20. The van der Waals surface area contributed by atoms with E-state index in [-0.39, 0.29) is 12.0 Å². The Kier molecular flexibility index (Phi) is 5.31. The normalized spacial score (nSPS) is 23.3. The van der Waals surface area contributed by atoms with Gasteiger partial charge in [0.1, 0.15) is 0 Å². The van der Waals surface area contributed by atoms with Gasteiger partial charge in [-0.15, -0.1) is 0 Å². The third kappa shape index (κ3) is 3.78. The number of aliphatic hydroxyl groups excluding tert-OH is 1. The van der Waals surface area contributed by atoms with Crippen LogP contribution in [0.25, 0.3) is 0 Å². The van der Waals surface area contributed by atoms with Crippen molar-refractivity contribution in [1.29, 1.82) is 0 Å². The molecule has 0 amide bonds. The van der Waals surface area contributed by atoms with Gasteiger partial charge in [-0.25, -0.2) is 4.98 Å². The quantitative estimate of drug-likeness (QED) is 0.899. The van der Waals surface area contributed by atoms with Gasteiger partial charge in [0.05, 0.1) is 17.2 Å². The van der Waals surface area contributed by atoms with Crippen molar-refractivity contribution < 1.29 is 5.11 Å². The molecule has 0 saturated heterocycles. The van der Waals surface area contributed by atoms with E-state index in [9.17, 15) is 5.11 Å². The lowest BCUT2D eigenvalue weighted by atomic mass is 9.84. The molecule has 0 aliphatic heterocycles. The first-order chi connectivity index (χ1) is 9.86. The van der Waals surface area contributed by atoms with Crippen LogP contribution in [0, 0.1) is 5.92 Å². The Labute approximate surface area is 133 Å². The smallest absolute Gasteiger partial charge is 0.185 e. The third-order valence-electron chi connectivity index (χ3n) is 4.78. The molecule has 0 atom stereocenters. The van der Waals surface area contributed by atoms with E-state index in [0.29, 0.717) is 6.04 Å². The summed E-state index contributed by atoms with van der Waals surface area (Å²) in [6, 6.07) is 0.610. The minimum Gasteiger partial charge on any atom is -0.391 e. The molecule has 0 aromatic carbocycles. The monoisotopic (exact) mass is 310 g/mol. The van der Waals surface area contributed by atoms with E-state index in [1.54, 1.807) is 11.3 Å². The van der Waals surface area contributed by atoms with Gasteiger partial charge in [0.15, 0.2) is 5.13 Å². The molecule has 0 radical (unpaired) electrons. The predicted octanol–water partition coefficient (Wildman–Crippen LogP) is 4.34. The Hall–Kier alpha value is -0.610. The van der Waals surface area contributed by atoms with Crippen LogP contribution in [0.5, 0.6) is 0 Å². The topological polar surface area (TPSA) is 36.4 Å². The van der Waals surface area contributed by atoms with Gasteiger partial charge in [-0.05, 0) is 31.6 Å². The molecular weight excluding hydrogens is 280 g/mol. The molecule has 2 rings (SSSR count). The molecule has 0 unspecified atom stereocenters. The second-order valence-electron chi connectivity index (χ2n) is 7.37. The van der Waals surface area contributed by atoms with Crippen LogP contribution in [0.2, 0.25) is 0 Å². The molecule has 1 fully saturated rings.